The molecule has 1 aliphatic heterocycles. The van der Waals surface area contributed by atoms with Crippen LogP contribution in [0.25, 0.3) is 10.2 Å². The normalized spacial score (nSPS) is 16.9. The van der Waals surface area contributed by atoms with Crippen LogP contribution in [0.5, 0.6) is 0 Å². The molecule has 0 bridgehead atoms. The highest BCUT2D eigenvalue weighted by Crippen LogP contribution is 2.34. The van der Waals surface area contributed by atoms with Crippen LogP contribution < -0.4 is 10.2 Å². The molecule has 108 valence electrons. The fraction of sp³-hybridized carbons (Fsp3) is 0.571. The zero-order valence-electron chi connectivity index (χ0n) is 11.8. The molecule has 0 spiro atoms. The Kier molecular flexibility index (Phi) is 4.10. The van der Waals surface area contributed by atoms with Crippen LogP contribution in [-0.4, -0.2) is 36.1 Å². The summed E-state index contributed by atoms with van der Waals surface area (Å²) in [4.78, 5) is 13.8. The molecule has 1 N–H and O–H groups in total. The number of hydrogen-bond acceptors (Lipinski definition) is 5. The van der Waals surface area contributed by atoms with E-state index in [4.69, 9.17) is 16.6 Å². The highest BCUT2D eigenvalue weighted by molar-refractivity contribution is 7.18. The van der Waals surface area contributed by atoms with E-state index in [9.17, 15) is 0 Å². The molecule has 2 aromatic heterocycles. The third-order valence-corrected chi connectivity index (χ3v) is 5.16. The second-order valence-electron chi connectivity index (χ2n) is 5.43. The molecular formula is C14H19ClN4S. The summed E-state index contributed by atoms with van der Waals surface area (Å²) in [7, 11) is 0. The molecule has 0 atom stereocenters. The molecule has 2 aromatic rings. The summed E-state index contributed by atoms with van der Waals surface area (Å²) in [5.41, 5.74) is 0. The van der Waals surface area contributed by atoms with Crippen LogP contribution in [0.2, 0.25) is 5.15 Å². The van der Waals surface area contributed by atoms with Gasteiger partial charge in [-0.3, -0.25) is 0 Å². The molecule has 0 saturated carbocycles. The van der Waals surface area contributed by atoms with Crippen molar-refractivity contribution in [3.63, 3.8) is 0 Å². The number of nitrogens with one attached hydrogen (secondary N) is 1. The minimum atomic E-state index is 0.496. The smallest absolute Gasteiger partial charge is 0.228 e. The van der Waals surface area contributed by atoms with Crippen molar-refractivity contribution in [1.82, 2.24) is 15.3 Å². The topological polar surface area (TPSA) is 41.1 Å². The quantitative estimate of drug-likeness (QED) is 0.864. The first-order chi connectivity index (χ1) is 9.65. The molecular weight excluding hydrogens is 292 g/mol. The Balaban J connectivity index is 1.99. The molecule has 1 saturated heterocycles. The van der Waals surface area contributed by atoms with Gasteiger partial charge in [0.25, 0.3) is 0 Å². The molecule has 0 radical (unpaired) electrons. The van der Waals surface area contributed by atoms with E-state index in [1.165, 1.54) is 4.88 Å². The molecule has 0 aliphatic carbocycles. The predicted molar refractivity (Wildman–Crippen MR) is 86.2 cm³/mol. The van der Waals surface area contributed by atoms with Crippen molar-refractivity contribution >= 4 is 39.1 Å². The van der Waals surface area contributed by atoms with Crippen molar-refractivity contribution in [3.05, 3.63) is 16.1 Å². The third-order valence-electron chi connectivity index (χ3n) is 3.55. The Hall–Kier alpha value is -0.910. The van der Waals surface area contributed by atoms with Gasteiger partial charge in [0.2, 0.25) is 5.95 Å². The van der Waals surface area contributed by atoms with Gasteiger partial charge in [0.15, 0.2) is 0 Å². The van der Waals surface area contributed by atoms with E-state index in [0.29, 0.717) is 11.1 Å². The monoisotopic (exact) mass is 310 g/mol. The molecule has 3 heterocycles. The van der Waals surface area contributed by atoms with E-state index < -0.39 is 0 Å². The van der Waals surface area contributed by atoms with Crippen LogP contribution in [0.15, 0.2) is 6.07 Å². The van der Waals surface area contributed by atoms with Gasteiger partial charge >= 0.3 is 0 Å². The summed E-state index contributed by atoms with van der Waals surface area (Å²) in [6, 6.07) is 2.13. The van der Waals surface area contributed by atoms with Gasteiger partial charge in [-0.15, -0.1) is 11.3 Å². The van der Waals surface area contributed by atoms with Gasteiger partial charge in [-0.2, -0.15) is 0 Å². The lowest BCUT2D eigenvalue weighted by atomic mass is 10.2. The van der Waals surface area contributed by atoms with Crippen LogP contribution in [0.1, 0.15) is 31.1 Å². The molecule has 3 rings (SSSR count). The van der Waals surface area contributed by atoms with Crippen molar-refractivity contribution < 1.29 is 0 Å². The SMILES string of the molecule is CC(C)c1cc2c(Cl)nc(N3CCCNCC3)nc2s1. The molecule has 4 nitrogen and oxygen atoms in total. The van der Waals surface area contributed by atoms with Gasteiger partial charge in [-0.05, 0) is 24.9 Å². The van der Waals surface area contributed by atoms with E-state index >= 15 is 0 Å². The fourth-order valence-corrected chi connectivity index (χ4v) is 3.67. The zero-order chi connectivity index (χ0) is 14.1. The Morgan fingerprint density at radius 3 is 2.95 bits per heavy atom. The lowest BCUT2D eigenvalue weighted by molar-refractivity contribution is 0.724. The summed E-state index contributed by atoms with van der Waals surface area (Å²) >= 11 is 8.08. The van der Waals surface area contributed by atoms with Gasteiger partial charge in [-0.1, -0.05) is 25.4 Å². The lowest BCUT2D eigenvalue weighted by Crippen LogP contribution is -2.29. The minimum Gasteiger partial charge on any atom is -0.339 e. The number of nitrogens with zero attached hydrogens (tertiary/aromatic N) is 3. The van der Waals surface area contributed by atoms with E-state index in [2.05, 4.69) is 35.1 Å². The summed E-state index contributed by atoms with van der Waals surface area (Å²) < 4.78 is 0. The highest BCUT2D eigenvalue weighted by atomic mass is 35.5. The minimum absolute atomic E-state index is 0.496. The van der Waals surface area contributed by atoms with E-state index in [0.717, 1.165) is 48.8 Å². The third kappa shape index (κ3) is 2.75. The Morgan fingerprint density at radius 2 is 2.15 bits per heavy atom. The number of halogens is 1. The Labute approximate surface area is 128 Å². The maximum absolute atomic E-state index is 6.35. The fourth-order valence-electron chi connectivity index (χ4n) is 2.37. The number of anilines is 1. The highest BCUT2D eigenvalue weighted by Gasteiger charge is 2.17. The molecule has 6 heteroatoms. The standard InChI is InChI=1S/C14H19ClN4S/c1-9(2)11-8-10-12(15)17-14(18-13(10)20-11)19-6-3-4-16-5-7-19/h8-9,16H,3-7H2,1-2H3. The molecule has 0 amide bonds. The number of aromatic nitrogens is 2. The van der Waals surface area contributed by atoms with Crippen molar-refractivity contribution in [3.8, 4) is 0 Å². The van der Waals surface area contributed by atoms with Gasteiger partial charge < -0.3 is 10.2 Å². The second-order valence-corrected chi connectivity index (χ2v) is 6.85. The maximum Gasteiger partial charge on any atom is 0.228 e. The molecule has 1 aliphatic rings. The van der Waals surface area contributed by atoms with Crippen molar-refractivity contribution in [2.24, 2.45) is 0 Å². The Bertz CT molecular complexity index is 602. The van der Waals surface area contributed by atoms with E-state index in [1.54, 1.807) is 11.3 Å². The van der Waals surface area contributed by atoms with Gasteiger partial charge in [0, 0.05) is 29.9 Å². The van der Waals surface area contributed by atoms with Crippen molar-refractivity contribution in [2.45, 2.75) is 26.2 Å². The molecule has 0 aromatic carbocycles. The zero-order valence-corrected chi connectivity index (χ0v) is 13.4. The summed E-state index contributed by atoms with van der Waals surface area (Å²) in [5, 5.41) is 4.95. The van der Waals surface area contributed by atoms with Crippen LogP contribution in [0.3, 0.4) is 0 Å². The number of thiophene rings is 1. The second kappa shape index (κ2) is 5.84. The van der Waals surface area contributed by atoms with Gasteiger partial charge in [-0.25, -0.2) is 9.97 Å². The van der Waals surface area contributed by atoms with Crippen LogP contribution in [0.4, 0.5) is 5.95 Å². The molecule has 20 heavy (non-hydrogen) atoms. The van der Waals surface area contributed by atoms with E-state index in [-0.39, 0.29) is 0 Å². The number of rotatable bonds is 2. The average Bonchev–Trinajstić information content (AvgIpc) is 2.67. The first kappa shape index (κ1) is 14.0. The first-order valence-electron chi connectivity index (χ1n) is 7.08. The van der Waals surface area contributed by atoms with Crippen LogP contribution in [0, 0.1) is 0 Å². The summed E-state index contributed by atoms with van der Waals surface area (Å²) in [5.74, 6) is 1.26. The number of fused-ring (bicyclic) bond motifs is 1. The van der Waals surface area contributed by atoms with Crippen LogP contribution >= 0.6 is 22.9 Å². The van der Waals surface area contributed by atoms with Crippen LogP contribution in [-0.2, 0) is 0 Å². The maximum atomic E-state index is 6.35. The lowest BCUT2D eigenvalue weighted by Gasteiger charge is -2.19. The average molecular weight is 311 g/mol. The summed E-state index contributed by atoms with van der Waals surface area (Å²) in [6.45, 7) is 8.33. The molecule has 0 unspecified atom stereocenters. The van der Waals surface area contributed by atoms with Gasteiger partial charge in [0.05, 0.1) is 0 Å². The van der Waals surface area contributed by atoms with Crippen molar-refractivity contribution in [1.29, 1.82) is 0 Å². The summed E-state index contributed by atoms with van der Waals surface area (Å²) in [6.07, 6.45) is 1.11. The molecule has 1 fully saturated rings. The van der Waals surface area contributed by atoms with E-state index in [1.807, 2.05) is 0 Å². The predicted octanol–water partition coefficient (Wildman–Crippen LogP) is 3.27. The number of hydrogen-bond donors (Lipinski definition) is 1. The Morgan fingerprint density at radius 1 is 1.30 bits per heavy atom. The van der Waals surface area contributed by atoms with Gasteiger partial charge in [0.1, 0.15) is 9.98 Å². The largest absolute Gasteiger partial charge is 0.339 e. The van der Waals surface area contributed by atoms with Crippen molar-refractivity contribution in [2.75, 3.05) is 31.1 Å². The first-order valence-corrected chi connectivity index (χ1v) is 8.27.